The summed E-state index contributed by atoms with van der Waals surface area (Å²) in [5, 5.41) is 6.83. The van der Waals surface area contributed by atoms with Gasteiger partial charge in [0, 0.05) is 46.1 Å². The molecule has 1 aliphatic heterocycles. The van der Waals surface area contributed by atoms with Gasteiger partial charge < -0.3 is 10.6 Å². The molecule has 2 N–H and O–H groups in total. The average Bonchev–Trinajstić information content (AvgIpc) is 2.67. The van der Waals surface area contributed by atoms with Crippen LogP contribution in [0.3, 0.4) is 0 Å². The third-order valence-corrected chi connectivity index (χ3v) is 5.63. The Morgan fingerprint density at radius 2 is 1.93 bits per heavy atom. The molecular weight excluding hydrogens is 386 g/mol. The summed E-state index contributed by atoms with van der Waals surface area (Å²) >= 11 is 6.08. The maximum atomic E-state index is 13.3. The minimum Gasteiger partial charge on any atom is -0.362 e. The number of dihydropyridines is 1. The van der Waals surface area contributed by atoms with E-state index in [2.05, 4.69) is 15.6 Å². The van der Waals surface area contributed by atoms with Crippen molar-refractivity contribution in [3.63, 3.8) is 0 Å². The third-order valence-electron chi connectivity index (χ3n) is 5.38. The molecule has 0 radical (unpaired) electrons. The Balaban J connectivity index is 1.78. The van der Waals surface area contributed by atoms with Gasteiger partial charge in [-0.2, -0.15) is 0 Å². The van der Waals surface area contributed by atoms with Crippen LogP contribution in [0.4, 0.5) is 5.82 Å². The highest BCUT2D eigenvalue weighted by atomic mass is 35.5. The monoisotopic (exact) mass is 407 g/mol. The quantitative estimate of drug-likeness (QED) is 0.776. The second-order valence-corrected chi connectivity index (χ2v) is 7.93. The van der Waals surface area contributed by atoms with E-state index >= 15 is 0 Å². The van der Waals surface area contributed by atoms with Crippen LogP contribution in [0.1, 0.15) is 43.2 Å². The van der Waals surface area contributed by atoms with E-state index in [0.29, 0.717) is 28.4 Å². The molecule has 1 aromatic carbocycles. The Kier molecular flexibility index (Phi) is 5.24. The van der Waals surface area contributed by atoms with Crippen LogP contribution in [0.15, 0.2) is 65.1 Å². The van der Waals surface area contributed by atoms with Gasteiger partial charge in [-0.25, -0.2) is 4.98 Å². The van der Waals surface area contributed by atoms with Crippen LogP contribution in [-0.2, 0) is 9.59 Å². The summed E-state index contributed by atoms with van der Waals surface area (Å²) in [5.74, 6) is -0.121. The van der Waals surface area contributed by atoms with Crippen molar-refractivity contribution in [2.75, 3.05) is 5.32 Å². The highest BCUT2D eigenvalue weighted by Crippen LogP contribution is 2.42. The fourth-order valence-electron chi connectivity index (χ4n) is 4.06. The number of benzene rings is 1. The van der Waals surface area contributed by atoms with Crippen LogP contribution in [0.25, 0.3) is 0 Å². The lowest BCUT2D eigenvalue weighted by Crippen LogP contribution is -2.35. The first kappa shape index (κ1) is 19.4. The molecule has 1 atom stereocenters. The molecule has 1 unspecified atom stereocenters. The van der Waals surface area contributed by atoms with Crippen LogP contribution < -0.4 is 10.6 Å². The first-order chi connectivity index (χ1) is 13.9. The molecular formula is C23H22ClN3O2. The lowest BCUT2D eigenvalue weighted by atomic mass is 9.75. The number of aryl methyl sites for hydroxylation is 1. The van der Waals surface area contributed by atoms with E-state index in [-0.39, 0.29) is 11.7 Å². The van der Waals surface area contributed by atoms with Gasteiger partial charge in [0.15, 0.2) is 5.78 Å². The standard InChI is InChI=1S/C23H22ClN3O2/c1-13-10-11-25-19(12-13)27-23(29)20-14(2)26-17-4-3-5-18(28)22(17)21(20)15-6-8-16(24)9-7-15/h6-12,21,26H,3-5H2,1-2H3,(H,25,27,29). The maximum absolute atomic E-state index is 13.3. The normalized spacial score (nSPS) is 19.0. The van der Waals surface area contributed by atoms with Crippen molar-refractivity contribution >= 4 is 29.1 Å². The fraction of sp³-hybridized carbons (Fsp3) is 0.261. The maximum Gasteiger partial charge on any atom is 0.255 e. The summed E-state index contributed by atoms with van der Waals surface area (Å²) in [7, 11) is 0. The van der Waals surface area contributed by atoms with Crippen molar-refractivity contribution in [2.45, 2.75) is 39.0 Å². The lowest BCUT2D eigenvalue weighted by Gasteiger charge is -2.34. The summed E-state index contributed by atoms with van der Waals surface area (Å²) in [5.41, 5.74) is 4.77. The van der Waals surface area contributed by atoms with E-state index in [4.69, 9.17) is 11.6 Å². The minimum absolute atomic E-state index is 0.0881. The minimum atomic E-state index is -0.430. The third kappa shape index (κ3) is 3.83. The smallest absolute Gasteiger partial charge is 0.255 e. The number of anilines is 1. The molecule has 29 heavy (non-hydrogen) atoms. The zero-order valence-corrected chi connectivity index (χ0v) is 17.1. The number of amides is 1. The van der Waals surface area contributed by atoms with Gasteiger partial charge in [0.25, 0.3) is 5.91 Å². The highest BCUT2D eigenvalue weighted by molar-refractivity contribution is 6.30. The fourth-order valence-corrected chi connectivity index (χ4v) is 4.19. The van der Waals surface area contributed by atoms with E-state index < -0.39 is 5.92 Å². The number of hydrogen-bond acceptors (Lipinski definition) is 4. The zero-order valence-electron chi connectivity index (χ0n) is 16.4. The molecule has 2 aromatic rings. The lowest BCUT2D eigenvalue weighted by molar-refractivity contribution is -0.116. The van der Waals surface area contributed by atoms with Crippen molar-refractivity contribution < 1.29 is 9.59 Å². The molecule has 4 rings (SSSR count). The first-order valence-electron chi connectivity index (χ1n) is 9.67. The van der Waals surface area contributed by atoms with E-state index in [1.807, 2.05) is 38.1 Å². The summed E-state index contributed by atoms with van der Waals surface area (Å²) in [6.45, 7) is 3.82. The van der Waals surface area contributed by atoms with Crippen molar-refractivity contribution in [3.8, 4) is 0 Å². The van der Waals surface area contributed by atoms with Crippen LogP contribution in [-0.4, -0.2) is 16.7 Å². The van der Waals surface area contributed by atoms with Gasteiger partial charge in [0.2, 0.25) is 0 Å². The number of halogens is 1. The van der Waals surface area contributed by atoms with Crippen LogP contribution >= 0.6 is 11.6 Å². The van der Waals surface area contributed by atoms with E-state index in [0.717, 1.165) is 35.4 Å². The molecule has 0 saturated carbocycles. The Labute approximate surface area is 174 Å². The van der Waals surface area contributed by atoms with Crippen molar-refractivity contribution in [2.24, 2.45) is 0 Å². The zero-order chi connectivity index (χ0) is 20.5. The topological polar surface area (TPSA) is 71.1 Å². The number of nitrogens with one attached hydrogen (secondary N) is 2. The number of ketones is 1. The molecule has 5 nitrogen and oxygen atoms in total. The molecule has 0 spiro atoms. The second kappa shape index (κ2) is 7.84. The molecule has 1 aromatic heterocycles. The predicted octanol–water partition coefficient (Wildman–Crippen LogP) is 4.65. The second-order valence-electron chi connectivity index (χ2n) is 7.49. The largest absolute Gasteiger partial charge is 0.362 e. The van der Waals surface area contributed by atoms with Gasteiger partial charge in [-0.15, -0.1) is 0 Å². The number of carbonyl (C=O) groups is 2. The molecule has 0 fully saturated rings. The van der Waals surface area contributed by atoms with E-state index in [1.165, 1.54) is 0 Å². The number of nitrogens with zero attached hydrogens (tertiary/aromatic N) is 1. The molecule has 6 heteroatoms. The van der Waals surface area contributed by atoms with Gasteiger partial charge in [-0.05, 0) is 62.1 Å². The molecule has 2 heterocycles. The van der Waals surface area contributed by atoms with Gasteiger partial charge in [-0.1, -0.05) is 23.7 Å². The van der Waals surface area contributed by atoms with Gasteiger partial charge in [0.05, 0.1) is 0 Å². The Morgan fingerprint density at radius 1 is 1.17 bits per heavy atom. The van der Waals surface area contributed by atoms with Crippen LogP contribution in [0.5, 0.6) is 0 Å². The molecule has 148 valence electrons. The molecule has 1 aliphatic carbocycles. The van der Waals surface area contributed by atoms with Gasteiger partial charge in [0.1, 0.15) is 5.82 Å². The van der Waals surface area contributed by atoms with E-state index in [1.54, 1.807) is 18.3 Å². The number of aromatic nitrogens is 1. The van der Waals surface area contributed by atoms with Crippen molar-refractivity contribution in [1.29, 1.82) is 0 Å². The van der Waals surface area contributed by atoms with Crippen molar-refractivity contribution in [3.05, 3.63) is 81.3 Å². The number of allylic oxidation sites excluding steroid dienone is 3. The summed E-state index contributed by atoms with van der Waals surface area (Å²) in [6.07, 6.45) is 3.78. The molecule has 2 aliphatic rings. The van der Waals surface area contributed by atoms with Crippen LogP contribution in [0, 0.1) is 6.92 Å². The Hall–Kier alpha value is -2.92. The van der Waals surface area contributed by atoms with Crippen molar-refractivity contribution in [1.82, 2.24) is 10.3 Å². The Morgan fingerprint density at radius 3 is 2.66 bits per heavy atom. The number of carbonyl (C=O) groups excluding carboxylic acids is 2. The molecule has 0 bridgehead atoms. The molecule has 1 amide bonds. The molecule has 0 saturated heterocycles. The van der Waals surface area contributed by atoms with E-state index in [9.17, 15) is 9.59 Å². The highest BCUT2D eigenvalue weighted by Gasteiger charge is 2.38. The van der Waals surface area contributed by atoms with Gasteiger partial charge >= 0.3 is 0 Å². The SMILES string of the molecule is CC1=C(C(=O)Nc2cc(C)ccn2)C(c2ccc(Cl)cc2)C2=C(CCCC2=O)N1. The summed E-state index contributed by atoms with van der Waals surface area (Å²) in [4.78, 5) is 30.4. The number of rotatable bonds is 3. The first-order valence-corrected chi connectivity index (χ1v) is 10.1. The number of Topliss-reactive ketones (excluding diaryl/α,β-unsaturated/α-hetero) is 1. The average molecular weight is 408 g/mol. The summed E-state index contributed by atoms with van der Waals surface area (Å²) < 4.78 is 0. The number of pyridine rings is 1. The van der Waals surface area contributed by atoms with Crippen LogP contribution in [0.2, 0.25) is 5.02 Å². The number of hydrogen-bond donors (Lipinski definition) is 2. The Bertz CT molecular complexity index is 1050. The van der Waals surface area contributed by atoms with Gasteiger partial charge in [-0.3, -0.25) is 9.59 Å². The predicted molar refractivity (Wildman–Crippen MR) is 114 cm³/mol. The summed E-state index contributed by atoms with van der Waals surface area (Å²) in [6, 6.07) is 11.0.